The van der Waals surface area contributed by atoms with Gasteiger partial charge in [-0.25, -0.2) is 0 Å². The fourth-order valence-electron chi connectivity index (χ4n) is 1.99. The van der Waals surface area contributed by atoms with Crippen molar-refractivity contribution in [2.75, 3.05) is 17.6 Å². The number of hydrogen-bond acceptors (Lipinski definition) is 4. The van der Waals surface area contributed by atoms with Gasteiger partial charge in [0.1, 0.15) is 0 Å². The lowest BCUT2D eigenvalue weighted by Crippen LogP contribution is -2.55. The number of hydrogen-bond donors (Lipinski definition) is 3. The summed E-state index contributed by atoms with van der Waals surface area (Å²) in [5.74, 6) is 0.416. The number of halogens is 1. The highest BCUT2D eigenvalue weighted by Gasteiger charge is 2.29. The van der Waals surface area contributed by atoms with Crippen LogP contribution in [0, 0.1) is 5.92 Å². The van der Waals surface area contributed by atoms with Crippen molar-refractivity contribution in [3.05, 3.63) is 23.8 Å². The van der Waals surface area contributed by atoms with Gasteiger partial charge in [0.15, 0.2) is 0 Å². The molecule has 0 bridgehead atoms. The van der Waals surface area contributed by atoms with Gasteiger partial charge in [-0.2, -0.15) is 0 Å². The number of nitrogens with one attached hydrogen (secondary N) is 2. The van der Waals surface area contributed by atoms with Gasteiger partial charge in [0.05, 0.1) is 17.0 Å². The van der Waals surface area contributed by atoms with Gasteiger partial charge in [-0.15, -0.1) is 24.2 Å². The highest BCUT2D eigenvalue weighted by atomic mass is 35.5. The van der Waals surface area contributed by atoms with Crippen LogP contribution in [0.15, 0.2) is 23.1 Å². The molecule has 4 N–H and O–H groups in total. The zero-order valence-corrected chi connectivity index (χ0v) is 14.6. The SMILES string of the molecule is CC(C)C(C)(CN)NC(=O)c1ccc2c(c1)NC(=O)CS2.Cl. The minimum atomic E-state index is -0.453. The first kappa shape index (κ1) is 18.8. The Hall–Kier alpha value is -1.24. The average Bonchev–Trinajstić information content (AvgIpc) is 2.45. The van der Waals surface area contributed by atoms with Crippen molar-refractivity contribution in [2.24, 2.45) is 11.7 Å². The van der Waals surface area contributed by atoms with Crippen LogP contribution in [0.4, 0.5) is 5.69 Å². The quantitative estimate of drug-likeness (QED) is 0.783. The Bertz CT molecular complexity index is 580. The summed E-state index contributed by atoms with van der Waals surface area (Å²) in [6.45, 7) is 6.35. The van der Waals surface area contributed by atoms with E-state index in [0.29, 0.717) is 23.5 Å². The second-order valence-electron chi connectivity index (χ2n) is 5.78. The molecule has 0 aromatic heterocycles. The van der Waals surface area contributed by atoms with Gasteiger partial charge in [-0.05, 0) is 31.0 Å². The Labute approximate surface area is 141 Å². The number of nitrogens with two attached hydrogens (primary N) is 1. The van der Waals surface area contributed by atoms with E-state index in [0.717, 1.165) is 4.90 Å². The summed E-state index contributed by atoms with van der Waals surface area (Å²) < 4.78 is 0. The van der Waals surface area contributed by atoms with Crippen molar-refractivity contribution in [3.8, 4) is 0 Å². The zero-order valence-electron chi connectivity index (χ0n) is 12.9. The molecule has 1 aliphatic heterocycles. The maximum absolute atomic E-state index is 12.4. The molecule has 1 aromatic carbocycles. The molecule has 1 aromatic rings. The normalized spacial score (nSPS) is 16.1. The first-order valence-electron chi connectivity index (χ1n) is 6.95. The number of rotatable bonds is 4. The summed E-state index contributed by atoms with van der Waals surface area (Å²) in [6, 6.07) is 5.35. The maximum Gasteiger partial charge on any atom is 0.251 e. The Balaban J connectivity index is 0.00000242. The molecule has 0 fully saturated rings. The van der Waals surface area contributed by atoms with Crippen LogP contribution in [0.2, 0.25) is 0 Å². The van der Waals surface area contributed by atoms with Crippen LogP contribution in [0.5, 0.6) is 0 Å². The molecular weight excluding hydrogens is 322 g/mol. The van der Waals surface area contributed by atoms with Gasteiger partial charge in [0.2, 0.25) is 5.91 Å². The predicted molar refractivity (Wildman–Crippen MR) is 92.8 cm³/mol. The molecule has 0 spiro atoms. The molecule has 5 nitrogen and oxygen atoms in total. The number of fused-ring (bicyclic) bond motifs is 1. The van der Waals surface area contributed by atoms with E-state index < -0.39 is 5.54 Å². The average molecular weight is 344 g/mol. The second-order valence-corrected chi connectivity index (χ2v) is 6.80. The lowest BCUT2D eigenvalue weighted by atomic mass is 9.88. The molecule has 0 saturated heterocycles. The topological polar surface area (TPSA) is 84.2 Å². The van der Waals surface area contributed by atoms with E-state index in [1.54, 1.807) is 12.1 Å². The molecule has 2 rings (SSSR count). The number of amides is 2. The van der Waals surface area contributed by atoms with Crippen molar-refractivity contribution in [1.29, 1.82) is 0 Å². The van der Waals surface area contributed by atoms with E-state index in [4.69, 9.17) is 5.73 Å². The summed E-state index contributed by atoms with van der Waals surface area (Å²) in [6.07, 6.45) is 0. The molecule has 122 valence electrons. The standard InChI is InChI=1S/C15H21N3O2S.ClH/c1-9(2)15(3,8-16)18-14(20)10-4-5-12-11(6-10)17-13(19)7-21-12;/h4-6,9H,7-8,16H2,1-3H3,(H,17,19)(H,18,20);1H. The molecule has 1 unspecified atom stereocenters. The number of carbonyl (C=O) groups excluding carboxylic acids is 2. The predicted octanol–water partition coefficient (Wildman–Crippen LogP) is 2.26. The van der Waals surface area contributed by atoms with Crippen molar-refractivity contribution in [2.45, 2.75) is 31.2 Å². The van der Waals surface area contributed by atoms with E-state index in [1.807, 2.05) is 26.8 Å². The summed E-state index contributed by atoms with van der Waals surface area (Å²) in [4.78, 5) is 24.8. The highest BCUT2D eigenvalue weighted by molar-refractivity contribution is 8.00. The van der Waals surface area contributed by atoms with Gasteiger partial charge in [-0.3, -0.25) is 9.59 Å². The Morgan fingerprint density at radius 1 is 1.50 bits per heavy atom. The second kappa shape index (κ2) is 7.35. The van der Waals surface area contributed by atoms with Crippen LogP contribution in [0.25, 0.3) is 0 Å². The molecule has 0 aliphatic carbocycles. The fourth-order valence-corrected chi connectivity index (χ4v) is 2.78. The monoisotopic (exact) mass is 343 g/mol. The lowest BCUT2D eigenvalue weighted by Gasteiger charge is -2.33. The van der Waals surface area contributed by atoms with Crippen LogP contribution >= 0.6 is 24.2 Å². The summed E-state index contributed by atoms with van der Waals surface area (Å²) in [7, 11) is 0. The first-order chi connectivity index (χ1) is 9.85. The van der Waals surface area contributed by atoms with Crippen molar-refractivity contribution in [1.82, 2.24) is 5.32 Å². The van der Waals surface area contributed by atoms with Crippen LogP contribution in [-0.4, -0.2) is 29.7 Å². The third kappa shape index (κ3) is 3.94. The van der Waals surface area contributed by atoms with Crippen LogP contribution < -0.4 is 16.4 Å². The Morgan fingerprint density at radius 2 is 2.18 bits per heavy atom. The number of thioether (sulfide) groups is 1. The van der Waals surface area contributed by atoms with Gasteiger partial charge in [0, 0.05) is 17.0 Å². The third-order valence-corrected chi connectivity index (χ3v) is 5.05. The number of carbonyl (C=O) groups is 2. The van der Waals surface area contributed by atoms with Crippen LogP contribution in [0.3, 0.4) is 0 Å². The van der Waals surface area contributed by atoms with E-state index in [2.05, 4.69) is 10.6 Å². The van der Waals surface area contributed by atoms with Crippen LogP contribution in [0.1, 0.15) is 31.1 Å². The molecule has 1 atom stereocenters. The Morgan fingerprint density at radius 3 is 2.77 bits per heavy atom. The van der Waals surface area contributed by atoms with Crippen molar-refractivity contribution >= 4 is 41.7 Å². The van der Waals surface area contributed by atoms with Gasteiger partial charge in [0.25, 0.3) is 5.91 Å². The minimum Gasteiger partial charge on any atom is -0.345 e. The van der Waals surface area contributed by atoms with E-state index in [-0.39, 0.29) is 30.1 Å². The molecule has 1 aliphatic rings. The number of benzene rings is 1. The summed E-state index contributed by atoms with van der Waals surface area (Å²) >= 11 is 1.48. The third-order valence-electron chi connectivity index (χ3n) is 3.97. The largest absolute Gasteiger partial charge is 0.345 e. The van der Waals surface area contributed by atoms with Gasteiger partial charge in [-0.1, -0.05) is 13.8 Å². The maximum atomic E-state index is 12.4. The fraction of sp³-hybridized carbons (Fsp3) is 0.467. The van der Waals surface area contributed by atoms with Gasteiger partial charge < -0.3 is 16.4 Å². The van der Waals surface area contributed by atoms with E-state index in [9.17, 15) is 9.59 Å². The first-order valence-corrected chi connectivity index (χ1v) is 7.93. The van der Waals surface area contributed by atoms with Crippen LogP contribution in [-0.2, 0) is 4.79 Å². The van der Waals surface area contributed by atoms with E-state index >= 15 is 0 Å². The smallest absolute Gasteiger partial charge is 0.251 e. The Kier molecular flexibility index (Phi) is 6.28. The molecule has 0 radical (unpaired) electrons. The zero-order chi connectivity index (χ0) is 15.6. The highest BCUT2D eigenvalue weighted by Crippen LogP contribution is 2.32. The van der Waals surface area contributed by atoms with Crippen molar-refractivity contribution < 1.29 is 9.59 Å². The minimum absolute atomic E-state index is 0. The van der Waals surface area contributed by atoms with Crippen molar-refractivity contribution in [3.63, 3.8) is 0 Å². The van der Waals surface area contributed by atoms with E-state index in [1.165, 1.54) is 11.8 Å². The molecule has 0 saturated carbocycles. The molecule has 1 heterocycles. The van der Waals surface area contributed by atoms with Gasteiger partial charge >= 0.3 is 0 Å². The molecular formula is C15H22ClN3O2S. The number of anilines is 1. The molecule has 22 heavy (non-hydrogen) atoms. The molecule has 7 heteroatoms. The summed E-state index contributed by atoms with van der Waals surface area (Å²) in [5.41, 5.74) is 6.56. The summed E-state index contributed by atoms with van der Waals surface area (Å²) in [5, 5.41) is 5.78. The lowest BCUT2D eigenvalue weighted by molar-refractivity contribution is -0.113. The molecule has 2 amide bonds.